The molecule has 6 heteroatoms. The first kappa shape index (κ1) is 14.6. The minimum Gasteiger partial charge on any atom is -0.334 e. The number of nitrogens with one attached hydrogen (secondary N) is 2. The van der Waals surface area contributed by atoms with Crippen LogP contribution in [0.25, 0.3) is 0 Å². The van der Waals surface area contributed by atoms with Crippen LogP contribution >= 0.6 is 23.2 Å². The van der Waals surface area contributed by atoms with Crippen molar-refractivity contribution < 1.29 is 9.18 Å². The number of hydrogen-bond donors (Lipinski definition) is 2. The van der Waals surface area contributed by atoms with Crippen LogP contribution in [0, 0.1) is 5.82 Å². The Morgan fingerprint density at radius 2 is 1.90 bits per heavy atom. The molecule has 0 heterocycles. The minimum atomic E-state index is -0.588. The molecule has 104 valence electrons. The maximum Gasteiger partial charge on any atom is 0.319 e. The average molecular weight is 313 g/mol. The van der Waals surface area contributed by atoms with E-state index in [4.69, 9.17) is 23.2 Å². The van der Waals surface area contributed by atoms with E-state index < -0.39 is 11.8 Å². The van der Waals surface area contributed by atoms with Gasteiger partial charge in [-0.15, -0.1) is 0 Å². The van der Waals surface area contributed by atoms with Crippen molar-refractivity contribution >= 4 is 34.9 Å². The number of hydrogen-bond acceptors (Lipinski definition) is 1. The number of anilines is 1. The standard InChI is InChI=1S/C14H11Cl2FN2O/c15-10-4-1-3-9(7-10)8-18-14(20)19-13-11(16)5-2-6-12(13)17/h1-7H,8H2,(H2,18,19,20). The fourth-order valence-electron chi connectivity index (χ4n) is 1.60. The van der Waals surface area contributed by atoms with Gasteiger partial charge in [0.05, 0.1) is 10.7 Å². The Kier molecular flexibility index (Phi) is 4.82. The Balaban J connectivity index is 1.96. The molecule has 0 aliphatic heterocycles. The zero-order chi connectivity index (χ0) is 14.5. The summed E-state index contributed by atoms with van der Waals surface area (Å²) in [6, 6.07) is 10.7. The Labute approximate surface area is 125 Å². The number of para-hydroxylation sites is 1. The molecule has 0 spiro atoms. The molecule has 2 N–H and O–H groups in total. The number of urea groups is 1. The topological polar surface area (TPSA) is 41.1 Å². The average Bonchev–Trinajstić information content (AvgIpc) is 2.41. The summed E-state index contributed by atoms with van der Waals surface area (Å²) in [5, 5.41) is 5.70. The van der Waals surface area contributed by atoms with E-state index in [0.29, 0.717) is 5.02 Å². The molecular formula is C14H11Cl2FN2O. The second-order valence-corrected chi connectivity index (χ2v) is 4.88. The summed E-state index contributed by atoms with van der Waals surface area (Å²) in [6.07, 6.45) is 0. The van der Waals surface area contributed by atoms with Gasteiger partial charge in [-0.1, -0.05) is 41.4 Å². The highest BCUT2D eigenvalue weighted by molar-refractivity contribution is 6.33. The van der Waals surface area contributed by atoms with E-state index in [0.717, 1.165) is 5.56 Å². The molecule has 0 atom stereocenters. The van der Waals surface area contributed by atoms with Crippen molar-refractivity contribution in [2.75, 3.05) is 5.32 Å². The molecule has 0 saturated carbocycles. The number of halogens is 3. The second-order valence-electron chi connectivity index (χ2n) is 4.03. The van der Waals surface area contributed by atoms with Crippen molar-refractivity contribution in [3.8, 4) is 0 Å². The second kappa shape index (κ2) is 6.59. The van der Waals surface area contributed by atoms with Crippen LogP contribution in [-0.2, 0) is 6.54 Å². The van der Waals surface area contributed by atoms with Gasteiger partial charge in [-0.2, -0.15) is 0 Å². The predicted molar refractivity (Wildman–Crippen MR) is 78.7 cm³/mol. The molecule has 0 saturated heterocycles. The molecule has 0 unspecified atom stereocenters. The van der Waals surface area contributed by atoms with Gasteiger partial charge < -0.3 is 10.6 Å². The maximum atomic E-state index is 13.5. The fraction of sp³-hybridized carbons (Fsp3) is 0.0714. The van der Waals surface area contributed by atoms with Gasteiger partial charge in [0.25, 0.3) is 0 Å². The highest BCUT2D eigenvalue weighted by atomic mass is 35.5. The Morgan fingerprint density at radius 1 is 1.15 bits per heavy atom. The zero-order valence-corrected chi connectivity index (χ0v) is 11.8. The van der Waals surface area contributed by atoms with Crippen LogP contribution in [-0.4, -0.2) is 6.03 Å². The molecule has 2 amide bonds. The molecule has 0 aliphatic carbocycles. The third-order valence-corrected chi connectivity index (χ3v) is 3.09. The monoisotopic (exact) mass is 312 g/mol. The van der Waals surface area contributed by atoms with E-state index >= 15 is 0 Å². The summed E-state index contributed by atoms with van der Waals surface area (Å²) < 4.78 is 13.5. The van der Waals surface area contributed by atoms with Gasteiger partial charge in [-0.05, 0) is 29.8 Å². The maximum absolute atomic E-state index is 13.5. The normalized spacial score (nSPS) is 10.2. The highest BCUT2D eigenvalue weighted by Crippen LogP contribution is 2.24. The Hall–Kier alpha value is -1.78. The van der Waals surface area contributed by atoms with Gasteiger partial charge in [0.1, 0.15) is 5.82 Å². The number of carbonyl (C=O) groups is 1. The third-order valence-electron chi connectivity index (χ3n) is 2.54. The Morgan fingerprint density at radius 3 is 2.60 bits per heavy atom. The largest absolute Gasteiger partial charge is 0.334 e. The molecule has 0 fully saturated rings. The lowest BCUT2D eigenvalue weighted by Gasteiger charge is -2.10. The molecule has 0 aliphatic rings. The molecule has 0 radical (unpaired) electrons. The number of amides is 2. The van der Waals surface area contributed by atoms with Gasteiger partial charge in [-0.3, -0.25) is 0 Å². The van der Waals surface area contributed by atoms with Crippen LogP contribution in [0.2, 0.25) is 10.0 Å². The quantitative estimate of drug-likeness (QED) is 0.863. The first-order valence-corrected chi connectivity index (χ1v) is 6.55. The zero-order valence-electron chi connectivity index (χ0n) is 10.3. The van der Waals surface area contributed by atoms with Crippen LogP contribution in [0.15, 0.2) is 42.5 Å². The van der Waals surface area contributed by atoms with E-state index in [2.05, 4.69) is 10.6 Å². The van der Waals surface area contributed by atoms with Crippen molar-refractivity contribution in [3.05, 3.63) is 63.9 Å². The van der Waals surface area contributed by atoms with Crippen LogP contribution in [0.3, 0.4) is 0 Å². The van der Waals surface area contributed by atoms with Gasteiger partial charge in [0, 0.05) is 11.6 Å². The highest BCUT2D eigenvalue weighted by Gasteiger charge is 2.10. The van der Waals surface area contributed by atoms with E-state index in [1.165, 1.54) is 18.2 Å². The first-order valence-electron chi connectivity index (χ1n) is 5.79. The van der Waals surface area contributed by atoms with Crippen LogP contribution in [0.4, 0.5) is 14.9 Å². The van der Waals surface area contributed by atoms with E-state index in [1.807, 2.05) is 6.07 Å². The van der Waals surface area contributed by atoms with E-state index in [1.54, 1.807) is 18.2 Å². The SMILES string of the molecule is O=C(NCc1cccc(Cl)c1)Nc1c(F)cccc1Cl. The summed E-state index contributed by atoms with van der Waals surface area (Å²) in [5.41, 5.74) is 0.796. The summed E-state index contributed by atoms with van der Waals surface area (Å²) in [5.74, 6) is -0.588. The van der Waals surface area contributed by atoms with Crippen molar-refractivity contribution in [1.82, 2.24) is 5.32 Å². The van der Waals surface area contributed by atoms with E-state index in [-0.39, 0.29) is 17.3 Å². The molecule has 2 rings (SSSR count). The van der Waals surface area contributed by atoms with Crippen LogP contribution < -0.4 is 10.6 Å². The lowest BCUT2D eigenvalue weighted by atomic mass is 10.2. The number of carbonyl (C=O) groups excluding carboxylic acids is 1. The molecule has 2 aromatic rings. The van der Waals surface area contributed by atoms with Crippen molar-refractivity contribution in [1.29, 1.82) is 0 Å². The lowest BCUT2D eigenvalue weighted by molar-refractivity contribution is 0.251. The summed E-state index contributed by atoms with van der Waals surface area (Å²) >= 11 is 11.6. The van der Waals surface area contributed by atoms with Crippen molar-refractivity contribution in [2.45, 2.75) is 6.54 Å². The van der Waals surface area contributed by atoms with Crippen LogP contribution in [0.5, 0.6) is 0 Å². The van der Waals surface area contributed by atoms with Crippen LogP contribution in [0.1, 0.15) is 5.56 Å². The summed E-state index contributed by atoms with van der Waals surface area (Å²) in [7, 11) is 0. The predicted octanol–water partition coefficient (Wildman–Crippen LogP) is 4.45. The number of rotatable bonds is 3. The van der Waals surface area contributed by atoms with Gasteiger partial charge in [0.2, 0.25) is 0 Å². The molecule has 0 aromatic heterocycles. The van der Waals surface area contributed by atoms with E-state index in [9.17, 15) is 9.18 Å². The molecule has 3 nitrogen and oxygen atoms in total. The fourth-order valence-corrected chi connectivity index (χ4v) is 2.03. The molecule has 2 aromatic carbocycles. The van der Waals surface area contributed by atoms with Gasteiger partial charge in [-0.25, -0.2) is 9.18 Å². The lowest BCUT2D eigenvalue weighted by Crippen LogP contribution is -2.28. The Bertz CT molecular complexity index is 614. The van der Waals surface area contributed by atoms with Gasteiger partial charge in [0.15, 0.2) is 0 Å². The summed E-state index contributed by atoms with van der Waals surface area (Å²) in [4.78, 5) is 11.7. The van der Waals surface area contributed by atoms with Crippen molar-refractivity contribution in [3.63, 3.8) is 0 Å². The molecular weight excluding hydrogens is 302 g/mol. The number of benzene rings is 2. The minimum absolute atomic E-state index is 0.0437. The third kappa shape index (κ3) is 3.85. The van der Waals surface area contributed by atoms with Crippen molar-refractivity contribution in [2.24, 2.45) is 0 Å². The first-order chi connectivity index (χ1) is 9.56. The molecule has 20 heavy (non-hydrogen) atoms. The van der Waals surface area contributed by atoms with Gasteiger partial charge >= 0.3 is 6.03 Å². The summed E-state index contributed by atoms with van der Waals surface area (Å²) in [6.45, 7) is 0.276. The smallest absolute Gasteiger partial charge is 0.319 e. The molecule has 0 bridgehead atoms.